The Morgan fingerprint density at radius 1 is 0.800 bits per heavy atom. The highest BCUT2D eigenvalue weighted by Gasteiger charge is 2.51. The van der Waals surface area contributed by atoms with Gasteiger partial charge in [-0.05, 0) is 87.0 Å². The summed E-state index contributed by atoms with van der Waals surface area (Å²) in [5.74, 6) is 0.290. The Labute approximate surface area is 240 Å². The summed E-state index contributed by atoms with van der Waals surface area (Å²) in [7, 11) is 3.64. The maximum atomic E-state index is 14.0. The average molecular weight is 539 g/mol. The third kappa shape index (κ3) is 5.99. The van der Waals surface area contributed by atoms with Crippen LogP contribution in [0.25, 0.3) is 11.1 Å². The van der Waals surface area contributed by atoms with E-state index in [0.29, 0.717) is 6.54 Å². The molecular weight excluding hydrogens is 495 g/mol. The largest absolute Gasteiger partial charge is 0.494 e. The van der Waals surface area contributed by atoms with Crippen molar-refractivity contribution in [1.29, 1.82) is 0 Å². The number of hydrogen-bond donors (Lipinski definition) is 0. The lowest BCUT2D eigenvalue weighted by atomic mass is 9.79. The highest BCUT2D eigenvalue weighted by molar-refractivity contribution is 6.62. The summed E-state index contributed by atoms with van der Waals surface area (Å²) in [6.07, 6.45) is 5.40. The van der Waals surface area contributed by atoms with E-state index < -0.39 is 18.3 Å². The number of hydrogen-bond acceptors (Lipinski definition) is 4. The topological polar surface area (TPSA) is 42.0 Å². The molecule has 2 aliphatic rings. The van der Waals surface area contributed by atoms with Gasteiger partial charge in [0.25, 0.3) is 0 Å². The lowest BCUT2D eigenvalue weighted by molar-refractivity contribution is -0.123. The molecule has 0 radical (unpaired) electrons. The number of rotatable bonds is 7. The van der Waals surface area contributed by atoms with Crippen LogP contribution in [-0.2, 0) is 20.6 Å². The van der Waals surface area contributed by atoms with Gasteiger partial charge in [0.1, 0.15) is 0 Å². The van der Waals surface area contributed by atoms with Crippen molar-refractivity contribution in [2.75, 3.05) is 23.9 Å². The summed E-state index contributed by atoms with van der Waals surface area (Å²) in [4.78, 5) is 18.1. The molecular formula is C34H43BN2O3. The first-order valence-corrected chi connectivity index (χ1v) is 14.7. The Morgan fingerprint density at radius 3 is 1.95 bits per heavy atom. The number of amides is 1. The van der Waals surface area contributed by atoms with Gasteiger partial charge in [-0.3, -0.25) is 4.79 Å². The minimum Gasteiger partial charge on any atom is -0.399 e. The van der Waals surface area contributed by atoms with Crippen LogP contribution < -0.4 is 15.3 Å². The zero-order valence-corrected chi connectivity index (χ0v) is 24.9. The van der Waals surface area contributed by atoms with Crippen molar-refractivity contribution >= 4 is 29.9 Å². The van der Waals surface area contributed by atoms with E-state index in [1.165, 1.54) is 23.2 Å². The van der Waals surface area contributed by atoms with Gasteiger partial charge < -0.3 is 19.1 Å². The van der Waals surface area contributed by atoms with Gasteiger partial charge in [-0.15, -0.1) is 0 Å². The van der Waals surface area contributed by atoms with Gasteiger partial charge in [0.05, 0.1) is 17.7 Å². The first kappa shape index (κ1) is 28.4. The smallest absolute Gasteiger partial charge is 0.399 e. The normalized spacial score (nSPS) is 18.5. The number of anilines is 2. The van der Waals surface area contributed by atoms with Crippen LogP contribution in [-0.4, -0.2) is 38.3 Å². The minimum absolute atomic E-state index is 0.0729. The molecule has 1 aliphatic heterocycles. The summed E-state index contributed by atoms with van der Waals surface area (Å²) in [6.45, 7) is 8.79. The monoisotopic (exact) mass is 538 g/mol. The molecule has 3 aromatic carbocycles. The van der Waals surface area contributed by atoms with Gasteiger partial charge in [0.2, 0.25) is 5.91 Å². The molecule has 1 heterocycles. The van der Waals surface area contributed by atoms with Crippen LogP contribution in [0.2, 0.25) is 0 Å². The van der Waals surface area contributed by atoms with E-state index in [0.717, 1.165) is 42.4 Å². The molecule has 2 fully saturated rings. The van der Waals surface area contributed by atoms with Gasteiger partial charge in [-0.1, -0.05) is 67.8 Å². The van der Waals surface area contributed by atoms with Gasteiger partial charge in [-0.2, -0.15) is 0 Å². The van der Waals surface area contributed by atoms with Crippen LogP contribution >= 0.6 is 0 Å². The van der Waals surface area contributed by atoms with Crippen LogP contribution in [0.3, 0.4) is 0 Å². The van der Waals surface area contributed by atoms with Crippen molar-refractivity contribution in [1.82, 2.24) is 0 Å². The molecule has 0 atom stereocenters. The molecule has 0 unspecified atom stereocenters. The second-order valence-electron chi connectivity index (χ2n) is 12.6. The van der Waals surface area contributed by atoms with Crippen LogP contribution in [0.1, 0.15) is 65.4 Å². The standard InChI is InChI=1S/C34H43BN2O3/c1-33(2)34(3,4)40-35(39-33)29-13-10-14-31(23-29)37(32(38)28-11-8-7-9-12-28)24-25-15-17-26(18-16-25)27-19-21-30(22-20-27)36(5)6/h10,13-23,28H,7-9,11-12,24H2,1-6H3. The van der Waals surface area contributed by atoms with E-state index in [9.17, 15) is 4.79 Å². The van der Waals surface area contributed by atoms with Crippen LogP contribution in [0.15, 0.2) is 72.8 Å². The second-order valence-corrected chi connectivity index (χ2v) is 12.6. The Hall–Kier alpha value is -3.09. The van der Waals surface area contributed by atoms with Crippen LogP contribution in [0, 0.1) is 5.92 Å². The fourth-order valence-corrected chi connectivity index (χ4v) is 5.62. The van der Waals surface area contributed by atoms with E-state index in [1.54, 1.807) is 0 Å². The summed E-state index contributed by atoms with van der Waals surface area (Å²) < 4.78 is 12.7. The summed E-state index contributed by atoms with van der Waals surface area (Å²) in [5.41, 5.74) is 5.64. The predicted octanol–water partition coefficient (Wildman–Crippen LogP) is 6.83. The molecule has 0 aromatic heterocycles. The molecule has 5 nitrogen and oxygen atoms in total. The number of carbonyl (C=O) groups is 1. The highest BCUT2D eigenvalue weighted by Crippen LogP contribution is 2.37. The van der Waals surface area contributed by atoms with Crippen molar-refractivity contribution < 1.29 is 14.1 Å². The van der Waals surface area contributed by atoms with E-state index in [4.69, 9.17) is 9.31 Å². The number of benzene rings is 3. The molecule has 1 saturated carbocycles. The van der Waals surface area contributed by atoms with E-state index in [2.05, 4.69) is 101 Å². The average Bonchev–Trinajstić information content (AvgIpc) is 3.18. The van der Waals surface area contributed by atoms with Crippen molar-refractivity contribution in [3.63, 3.8) is 0 Å². The summed E-state index contributed by atoms with van der Waals surface area (Å²) >= 11 is 0. The van der Waals surface area contributed by atoms with Gasteiger partial charge in [-0.25, -0.2) is 0 Å². The molecule has 40 heavy (non-hydrogen) atoms. The number of nitrogens with zero attached hydrogens (tertiary/aromatic N) is 2. The SMILES string of the molecule is CN(C)c1ccc(-c2ccc(CN(C(=O)C3CCCCC3)c3cccc(B4OC(C)(C)C(C)(C)O4)c3)cc2)cc1. The third-order valence-electron chi connectivity index (χ3n) is 8.94. The maximum absolute atomic E-state index is 14.0. The molecule has 1 saturated heterocycles. The van der Waals surface area contributed by atoms with Gasteiger partial charge >= 0.3 is 7.12 Å². The summed E-state index contributed by atoms with van der Waals surface area (Å²) in [5, 5.41) is 0. The zero-order chi connectivity index (χ0) is 28.5. The fraction of sp³-hybridized carbons (Fsp3) is 0.441. The van der Waals surface area contributed by atoms with Crippen LogP contribution in [0.5, 0.6) is 0 Å². The Morgan fingerprint density at radius 2 is 1.38 bits per heavy atom. The maximum Gasteiger partial charge on any atom is 0.494 e. The molecule has 5 rings (SSSR count). The third-order valence-corrected chi connectivity index (χ3v) is 8.94. The molecule has 0 bridgehead atoms. The van der Waals surface area contributed by atoms with Crippen molar-refractivity contribution in [2.45, 2.75) is 77.5 Å². The molecule has 0 spiro atoms. The molecule has 210 valence electrons. The first-order valence-electron chi connectivity index (χ1n) is 14.7. The quantitative estimate of drug-likeness (QED) is 0.309. The summed E-state index contributed by atoms with van der Waals surface area (Å²) in [6, 6.07) is 25.4. The van der Waals surface area contributed by atoms with E-state index >= 15 is 0 Å². The molecule has 1 amide bonds. The van der Waals surface area contributed by atoms with Crippen LogP contribution in [0.4, 0.5) is 11.4 Å². The first-order chi connectivity index (χ1) is 19.0. The van der Waals surface area contributed by atoms with Crippen molar-refractivity contribution in [2.24, 2.45) is 5.92 Å². The minimum atomic E-state index is -0.463. The highest BCUT2D eigenvalue weighted by atomic mass is 16.7. The molecule has 1 aliphatic carbocycles. The zero-order valence-electron chi connectivity index (χ0n) is 24.9. The molecule has 3 aromatic rings. The van der Waals surface area contributed by atoms with Gasteiger partial charge in [0, 0.05) is 31.4 Å². The Bertz CT molecular complexity index is 1300. The Balaban J connectivity index is 1.41. The number of carbonyl (C=O) groups excluding carboxylic acids is 1. The lowest BCUT2D eigenvalue weighted by Gasteiger charge is -2.32. The lowest BCUT2D eigenvalue weighted by Crippen LogP contribution is -2.41. The fourth-order valence-electron chi connectivity index (χ4n) is 5.62. The van der Waals surface area contributed by atoms with Gasteiger partial charge in [0.15, 0.2) is 0 Å². The van der Waals surface area contributed by atoms with E-state index in [-0.39, 0.29) is 11.8 Å². The van der Waals surface area contributed by atoms with Crippen molar-refractivity contribution in [3.05, 3.63) is 78.4 Å². The van der Waals surface area contributed by atoms with Crippen molar-refractivity contribution in [3.8, 4) is 11.1 Å². The predicted molar refractivity (Wildman–Crippen MR) is 166 cm³/mol. The Kier molecular flexibility index (Phi) is 8.12. The molecule has 6 heteroatoms. The molecule has 0 N–H and O–H groups in total. The van der Waals surface area contributed by atoms with E-state index in [1.807, 2.05) is 23.1 Å². The second kappa shape index (κ2) is 11.4.